The molecular formula is C27H19ClN2Se. The van der Waals surface area contributed by atoms with Gasteiger partial charge in [-0.05, 0) is 0 Å². The molecule has 1 heterocycles. The van der Waals surface area contributed by atoms with E-state index < -0.39 is 0 Å². The van der Waals surface area contributed by atoms with Crippen LogP contribution in [0.3, 0.4) is 0 Å². The first-order valence-corrected chi connectivity index (χ1v) is 12.1. The number of rotatable bonds is 5. The second-order valence-corrected chi connectivity index (χ2v) is 9.77. The van der Waals surface area contributed by atoms with Crippen LogP contribution < -0.4 is 8.92 Å². The summed E-state index contributed by atoms with van der Waals surface area (Å²) in [7, 11) is 0. The molecule has 0 saturated carbocycles. The van der Waals surface area contributed by atoms with E-state index in [1.165, 1.54) is 8.92 Å². The van der Waals surface area contributed by atoms with Gasteiger partial charge in [0.05, 0.1) is 0 Å². The van der Waals surface area contributed by atoms with E-state index in [1.807, 2.05) is 18.2 Å². The van der Waals surface area contributed by atoms with E-state index in [2.05, 4.69) is 102 Å². The molecule has 0 N–H and O–H groups in total. The zero-order chi connectivity index (χ0) is 21.0. The van der Waals surface area contributed by atoms with Crippen LogP contribution in [0.5, 0.6) is 0 Å². The van der Waals surface area contributed by atoms with E-state index in [0.29, 0.717) is 0 Å². The van der Waals surface area contributed by atoms with Gasteiger partial charge in [0.1, 0.15) is 0 Å². The van der Waals surface area contributed by atoms with Gasteiger partial charge in [-0.25, -0.2) is 0 Å². The van der Waals surface area contributed by atoms with Crippen molar-refractivity contribution in [2.24, 2.45) is 0 Å². The van der Waals surface area contributed by atoms with E-state index in [0.717, 1.165) is 33.2 Å². The summed E-state index contributed by atoms with van der Waals surface area (Å²) >= 11 is 6.25. The number of hydrogen-bond donors (Lipinski definition) is 0. The number of halogens is 1. The van der Waals surface area contributed by atoms with Gasteiger partial charge < -0.3 is 0 Å². The van der Waals surface area contributed by atoms with Crippen LogP contribution in [0.25, 0.3) is 28.2 Å². The first-order valence-electron chi connectivity index (χ1n) is 10.0. The summed E-state index contributed by atoms with van der Waals surface area (Å²) < 4.78 is 4.66. The number of aromatic nitrogens is 2. The van der Waals surface area contributed by atoms with Crippen molar-refractivity contribution in [1.82, 2.24) is 9.78 Å². The van der Waals surface area contributed by atoms with Crippen molar-refractivity contribution < 1.29 is 0 Å². The second-order valence-electron chi connectivity index (χ2n) is 7.06. The predicted octanol–water partition coefficient (Wildman–Crippen LogP) is 5.51. The Hall–Kier alpha value is -3.10. The van der Waals surface area contributed by atoms with E-state index in [9.17, 15) is 0 Å². The van der Waals surface area contributed by atoms with Crippen LogP contribution in [0.4, 0.5) is 0 Å². The Kier molecular flexibility index (Phi) is 5.73. The molecule has 0 amide bonds. The molecule has 5 rings (SSSR count). The molecule has 0 fully saturated rings. The Labute approximate surface area is 193 Å². The average molecular weight is 486 g/mol. The topological polar surface area (TPSA) is 17.8 Å². The standard InChI is InChI=1S/C27H19ClN2Se/c28-22-18-16-20(17-19-22)25-27(31-24-14-8-3-9-15-24)26(21-10-4-1-5-11-21)30(29-25)23-12-6-2-7-13-23/h1-19H. The van der Waals surface area contributed by atoms with Crippen molar-refractivity contribution in [3.8, 4) is 28.2 Å². The fraction of sp³-hybridized carbons (Fsp3) is 0. The molecule has 0 aliphatic carbocycles. The molecule has 0 aliphatic heterocycles. The molecule has 0 atom stereocenters. The summed E-state index contributed by atoms with van der Waals surface area (Å²) in [6.45, 7) is 0. The Morgan fingerprint density at radius 3 is 1.84 bits per heavy atom. The van der Waals surface area contributed by atoms with Crippen LogP contribution in [-0.2, 0) is 0 Å². The Balaban J connectivity index is 1.79. The molecule has 1 aromatic heterocycles. The summed E-state index contributed by atoms with van der Waals surface area (Å²) in [5, 5.41) is 5.87. The van der Waals surface area contributed by atoms with Gasteiger partial charge in [0, 0.05) is 0 Å². The SMILES string of the molecule is Clc1ccc(-c2nn(-c3ccccc3)c(-c3ccccc3)c2[Se]c2ccccc2)cc1. The molecule has 5 aromatic rings. The van der Waals surface area contributed by atoms with Crippen molar-refractivity contribution in [2.45, 2.75) is 0 Å². The van der Waals surface area contributed by atoms with Gasteiger partial charge in [-0.1, -0.05) is 0 Å². The van der Waals surface area contributed by atoms with E-state index >= 15 is 0 Å². The normalized spacial score (nSPS) is 10.9. The van der Waals surface area contributed by atoms with Gasteiger partial charge in [0.15, 0.2) is 0 Å². The van der Waals surface area contributed by atoms with Crippen LogP contribution in [-0.4, -0.2) is 24.7 Å². The minimum absolute atomic E-state index is 0.0778. The zero-order valence-electron chi connectivity index (χ0n) is 16.7. The number of nitrogens with zero attached hydrogens (tertiary/aromatic N) is 2. The Morgan fingerprint density at radius 2 is 1.19 bits per heavy atom. The molecular weight excluding hydrogens is 467 g/mol. The predicted molar refractivity (Wildman–Crippen MR) is 131 cm³/mol. The van der Waals surface area contributed by atoms with Gasteiger partial charge in [-0.2, -0.15) is 0 Å². The molecule has 2 nitrogen and oxygen atoms in total. The maximum atomic E-state index is 6.18. The number of benzene rings is 4. The Morgan fingerprint density at radius 1 is 0.613 bits per heavy atom. The molecule has 0 saturated heterocycles. The fourth-order valence-corrected chi connectivity index (χ4v) is 5.91. The van der Waals surface area contributed by atoms with E-state index in [1.54, 1.807) is 0 Å². The van der Waals surface area contributed by atoms with Crippen LogP contribution in [0.2, 0.25) is 5.02 Å². The molecule has 150 valence electrons. The molecule has 4 aromatic carbocycles. The molecule has 0 aliphatic rings. The second kappa shape index (κ2) is 8.95. The summed E-state index contributed by atoms with van der Waals surface area (Å²) in [5.41, 5.74) is 5.42. The minimum atomic E-state index is 0.0778. The third kappa shape index (κ3) is 4.22. The van der Waals surface area contributed by atoms with Crippen LogP contribution in [0.15, 0.2) is 115 Å². The first-order chi connectivity index (χ1) is 15.3. The van der Waals surface area contributed by atoms with Crippen LogP contribution >= 0.6 is 11.6 Å². The number of hydrogen-bond acceptors (Lipinski definition) is 1. The van der Waals surface area contributed by atoms with Crippen molar-refractivity contribution >= 4 is 35.5 Å². The summed E-state index contributed by atoms with van der Waals surface area (Å²) in [4.78, 5) is 0. The fourth-order valence-electron chi connectivity index (χ4n) is 3.51. The van der Waals surface area contributed by atoms with Gasteiger partial charge in [-0.3, -0.25) is 0 Å². The van der Waals surface area contributed by atoms with Crippen LogP contribution in [0, 0.1) is 0 Å². The summed E-state index contributed by atoms with van der Waals surface area (Å²) in [6, 6.07) is 39.5. The summed E-state index contributed by atoms with van der Waals surface area (Å²) in [6.07, 6.45) is 0. The quantitative estimate of drug-likeness (QED) is 0.300. The van der Waals surface area contributed by atoms with Crippen molar-refractivity contribution in [1.29, 1.82) is 0 Å². The van der Waals surface area contributed by atoms with Gasteiger partial charge >= 0.3 is 194 Å². The van der Waals surface area contributed by atoms with E-state index in [-0.39, 0.29) is 15.0 Å². The maximum absolute atomic E-state index is 6.18. The van der Waals surface area contributed by atoms with Gasteiger partial charge in [0.2, 0.25) is 0 Å². The zero-order valence-corrected chi connectivity index (χ0v) is 19.1. The summed E-state index contributed by atoms with van der Waals surface area (Å²) in [5.74, 6) is 0. The molecule has 4 heteroatoms. The van der Waals surface area contributed by atoms with Crippen molar-refractivity contribution in [3.63, 3.8) is 0 Å². The third-order valence-corrected chi connectivity index (χ3v) is 7.53. The van der Waals surface area contributed by atoms with Gasteiger partial charge in [-0.15, -0.1) is 0 Å². The Bertz CT molecular complexity index is 1280. The van der Waals surface area contributed by atoms with Crippen molar-refractivity contribution in [2.75, 3.05) is 0 Å². The molecule has 0 spiro atoms. The first kappa shape index (κ1) is 19.8. The van der Waals surface area contributed by atoms with Crippen LogP contribution in [0.1, 0.15) is 0 Å². The third-order valence-electron chi connectivity index (χ3n) is 4.97. The number of para-hydroxylation sites is 1. The average Bonchev–Trinajstić information content (AvgIpc) is 3.20. The van der Waals surface area contributed by atoms with Crippen molar-refractivity contribution in [3.05, 3.63) is 120 Å². The molecule has 0 unspecified atom stereocenters. The monoisotopic (exact) mass is 486 g/mol. The van der Waals surface area contributed by atoms with E-state index in [4.69, 9.17) is 16.7 Å². The molecule has 0 bridgehead atoms. The molecule has 0 radical (unpaired) electrons. The molecule has 31 heavy (non-hydrogen) atoms. The van der Waals surface area contributed by atoms with Gasteiger partial charge in [0.25, 0.3) is 0 Å².